The van der Waals surface area contributed by atoms with E-state index in [1.807, 2.05) is 24.3 Å². The molecule has 1 unspecified atom stereocenters. The second-order valence-electron chi connectivity index (χ2n) is 3.74. The largest absolute Gasteiger partial charge is 0.480 e. The van der Waals surface area contributed by atoms with Gasteiger partial charge < -0.3 is 15.2 Å². The number of nitrogens with zero attached hydrogens (tertiary/aromatic N) is 2. The van der Waals surface area contributed by atoms with Gasteiger partial charge in [0, 0.05) is 18.7 Å². The molecule has 0 aliphatic carbocycles. The maximum Gasteiger partial charge on any atom is 0.328 e. The minimum Gasteiger partial charge on any atom is -0.480 e. The zero-order valence-electron chi connectivity index (χ0n) is 9.83. The summed E-state index contributed by atoms with van der Waals surface area (Å²) in [6.45, 7) is 0.0471. The van der Waals surface area contributed by atoms with Crippen LogP contribution in [0.4, 0.5) is 5.95 Å². The molecule has 2 rings (SSSR count). The average Bonchev–Trinajstić information content (AvgIpc) is 2.38. The Morgan fingerprint density at radius 3 is 3.00 bits per heavy atom. The zero-order chi connectivity index (χ0) is 13.0. The predicted octanol–water partition coefficient (Wildman–Crippen LogP) is 1.14. The Morgan fingerprint density at radius 1 is 1.50 bits per heavy atom. The SMILES string of the molecule is COCC(Nc1ncc2ccccc2n1)C(=O)O. The summed E-state index contributed by atoms with van der Waals surface area (Å²) in [4.78, 5) is 19.3. The van der Waals surface area contributed by atoms with E-state index < -0.39 is 12.0 Å². The van der Waals surface area contributed by atoms with E-state index in [2.05, 4.69) is 15.3 Å². The molecule has 2 N–H and O–H groups in total. The first kappa shape index (κ1) is 12.3. The van der Waals surface area contributed by atoms with Gasteiger partial charge in [-0.15, -0.1) is 0 Å². The van der Waals surface area contributed by atoms with E-state index in [0.29, 0.717) is 0 Å². The minimum atomic E-state index is -1.01. The molecule has 0 amide bonds. The van der Waals surface area contributed by atoms with Gasteiger partial charge in [0.25, 0.3) is 0 Å². The maximum absolute atomic E-state index is 11.0. The lowest BCUT2D eigenvalue weighted by Gasteiger charge is -2.13. The summed E-state index contributed by atoms with van der Waals surface area (Å²) in [5, 5.41) is 12.6. The van der Waals surface area contributed by atoms with Gasteiger partial charge in [0.05, 0.1) is 12.1 Å². The molecule has 94 valence electrons. The molecule has 1 aromatic heterocycles. The van der Waals surface area contributed by atoms with E-state index in [1.165, 1.54) is 7.11 Å². The molecule has 0 fully saturated rings. The van der Waals surface area contributed by atoms with Crippen LogP contribution in [0.15, 0.2) is 30.5 Å². The lowest BCUT2D eigenvalue weighted by atomic mass is 10.2. The van der Waals surface area contributed by atoms with E-state index in [1.54, 1.807) is 6.20 Å². The molecular formula is C12H13N3O3. The number of carbonyl (C=O) groups is 1. The van der Waals surface area contributed by atoms with Crippen molar-refractivity contribution in [2.75, 3.05) is 19.0 Å². The monoisotopic (exact) mass is 247 g/mol. The first-order valence-electron chi connectivity index (χ1n) is 5.41. The summed E-state index contributed by atoms with van der Waals surface area (Å²) in [6.07, 6.45) is 1.65. The van der Waals surface area contributed by atoms with Crippen LogP contribution in [0.5, 0.6) is 0 Å². The van der Waals surface area contributed by atoms with Gasteiger partial charge >= 0.3 is 5.97 Å². The van der Waals surface area contributed by atoms with Crippen molar-refractivity contribution in [3.8, 4) is 0 Å². The fourth-order valence-corrected chi connectivity index (χ4v) is 1.54. The molecule has 0 saturated carbocycles. The van der Waals surface area contributed by atoms with Gasteiger partial charge in [0.1, 0.15) is 0 Å². The van der Waals surface area contributed by atoms with Gasteiger partial charge in [-0.3, -0.25) is 0 Å². The van der Waals surface area contributed by atoms with Crippen LogP contribution in [0, 0.1) is 0 Å². The molecule has 1 heterocycles. The Bertz CT molecular complexity index is 559. The van der Waals surface area contributed by atoms with Crippen molar-refractivity contribution in [3.63, 3.8) is 0 Å². The molecule has 0 radical (unpaired) electrons. The summed E-state index contributed by atoms with van der Waals surface area (Å²) in [5.41, 5.74) is 0.761. The van der Waals surface area contributed by atoms with Gasteiger partial charge in [-0.05, 0) is 6.07 Å². The third kappa shape index (κ3) is 2.72. The maximum atomic E-state index is 11.0. The normalized spacial score (nSPS) is 12.3. The number of rotatable bonds is 5. The average molecular weight is 247 g/mol. The second kappa shape index (κ2) is 5.42. The number of carboxylic acid groups (broad SMARTS) is 1. The highest BCUT2D eigenvalue weighted by atomic mass is 16.5. The molecule has 1 atom stereocenters. The zero-order valence-corrected chi connectivity index (χ0v) is 9.83. The number of anilines is 1. The fraction of sp³-hybridized carbons (Fsp3) is 0.250. The standard InChI is InChI=1S/C12H13N3O3/c1-18-7-10(11(16)17)15-12-13-6-8-4-2-3-5-9(8)14-12/h2-6,10H,7H2,1H3,(H,16,17)(H,13,14,15). The van der Waals surface area contributed by atoms with Gasteiger partial charge in [-0.25, -0.2) is 14.8 Å². The highest BCUT2D eigenvalue weighted by Gasteiger charge is 2.17. The van der Waals surface area contributed by atoms with Crippen LogP contribution >= 0.6 is 0 Å². The molecule has 1 aromatic carbocycles. The number of methoxy groups -OCH3 is 1. The van der Waals surface area contributed by atoms with Gasteiger partial charge in [0.15, 0.2) is 6.04 Å². The highest BCUT2D eigenvalue weighted by Crippen LogP contribution is 2.12. The van der Waals surface area contributed by atoms with Crippen LogP contribution < -0.4 is 5.32 Å². The van der Waals surface area contributed by atoms with E-state index in [0.717, 1.165) is 10.9 Å². The number of para-hydroxylation sites is 1. The number of hydrogen-bond donors (Lipinski definition) is 2. The molecule has 0 aliphatic rings. The van der Waals surface area contributed by atoms with Crippen molar-refractivity contribution in [3.05, 3.63) is 30.5 Å². The number of aliphatic carboxylic acids is 1. The van der Waals surface area contributed by atoms with E-state index in [9.17, 15) is 4.79 Å². The number of hydrogen-bond acceptors (Lipinski definition) is 5. The third-order valence-corrected chi connectivity index (χ3v) is 2.42. The van der Waals surface area contributed by atoms with Crippen molar-refractivity contribution in [1.29, 1.82) is 0 Å². The fourth-order valence-electron chi connectivity index (χ4n) is 1.54. The summed E-state index contributed by atoms with van der Waals surface area (Å²) in [6, 6.07) is 6.63. The molecule has 0 bridgehead atoms. The number of fused-ring (bicyclic) bond motifs is 1. The Balaban J connectivity index is 2.22. The Morgan fingerprint density at radius 2 is 2.28 bits per heavy atom. The topological polar surface area (TPSA) is 84.3 Å². The third-order valence-electron chi connectivity index (χ3n) is 2.42. The highest BCUT2D eigenvalue weighted by molar-refractivity contribution is 5.80. The van der Waals surface area contributed by atoms with Crippen LogP contribution in [-0.4, -0.2) is 40.8 Å². The Hall–Kier alpha value is -2.21. The molecule has 0 spiro atoms. The summed E-state index contributed by atoms with van der Waals surface area (Å²) in [7, 11) is 1.44. The quantitative estimate of drug-likeness (QED) is 0.824. The van der Waals surface area contributed by atoms with Crippen molar-refractivity contribution < 1.29 is 14.6 Å². The van der Waals surface area contributed by atoms with Crippen LogP contribution in [0.3, 0.4) is 0 Å². The van der Waals surface area contributed by atoms with Crippen LogP contribution in [0.1, 0.15) is 0 Å². The Labute approximate surface area is 104 Å². The first-order valence-corrected chi connectivity index (χ1v) is 5.41. The number of aromatic nitrogens is 2. The van der Waals surface area contributed by atoms with E-state index >= 15 is 0 Å². The molecule has 2 aromatic rings. The van der Waals surface area contributed by atoms with E-state index in [-0.39, 0.29) is 12.6 Å². The second-order valence-corrected chi connectivity index (χ2v) is 3.74. The van der Waals surface area contributed by atoms with Crippen molar-refractivity contribution in [2.45, 2.75) is 6.04 Å². The van der Waals surface area contributed by atoms with Gasteiger partial charge in [-0.2, -0.15) is 0 Å². The molecule has 6 nitrogen and oxygen atoms in total. The van der Waals surface area contributed by atoms with Crippen LogP contribution in [-0.2, 0) is 9.53 Å². The van der Waals surface area contributed by atoms with Crippen molar-refractivity contribution in [2.24, 2.45) is 0 Å². The predicted molar refractivity (Wildman–Crippen MR) is 66.5 cm³/mol. The summed E-state index contributed by atoms with van der Waals surface area (Å²) in [5.74, 6) is -0.730. The van der Waals surface area contributed by atoms with Crippen LogP contribution in [0.2, 0.25) is 0 Å². The number of ether oxygens (including phenoxy) is 1. The summed E-state index contributed by atoms with van der Waals surface area (Å²) < 4.78 is 4.83. The van der Waals surface area contributed by atoms with Crippen molar-refractivity contribution >= 4 is 22.8 Å². The molecule has 0 aliphatic heterocycles. The summed E-state index contributed by atoms with van der Waals surface area (Å²) >= 11 is 0. The smallest absolute Gasteiger partial charge is 0.328 e. The van der Waals surface area contributed by atoms with Crippen LogP contribution in [0.25, 0.3) is 10.9 Å². The van der Waals surface area contributed by atoms with Crippen molar-refractivity contribution in [1.82, 2.24) is 9.97 Å². The minimum absolute atomic E-state index is 0.0471. The first-order chi connectivity index (χ1) is 8.70. The van der Waals surface area contributed by atoms with Gasteiger partial charge in [-0.1, -0.05) is 18.2 Å². The lowest BCUT2D eigenvalue weighted by Crippen LogP contribution is -2.34. The van der Waals surface area contributed by atoms with E-state index in [4.69, 9.17) is 9.84 Å². The number of benzene rings is 1. The molecular weight excluding hydrogens is 234 g/mol. The molecule has 0 saturated heterocycles. The molecule has 18 heavy (non-hydrogen) atoms. The number of nitrogens with one attached hydrogen (secondary N) is 1. The molecule has 6 heteroatoms. The Kier molecular flexibility index (Phi) is 3.69. The van der Waals surface area contributed by atoms with Gasteiger partial charge in [0.2, 0.25) is 5.95 Å². The lowest BCUT2D eigenvalue weighted by molar-refractivity contribution is -0.139. The number of carboxylic acids is 1.